The molecule has 6 heteroatoms. The highest BCUT2D eigenvalue weighted by Crippen LogP contribution is 2.31. The van der Waals surface area contributed by atoms with Crippen LogP contribution >= 0.6 is 11.6 Å². The molecule has 0 aliphatic heterocycles. The molecule has 0 saturated heterocycles. The molecule has 0 aliphatic rings. The topological polar surface area (TPSA) is 53.3 Å². The highest BCUT2D eigenvalue weighted by Gasteiger charge is 2.15. The van der Waals surface area contributed by atoms with E-state index in [9.17, 15) is 4.79 Å². The van der Waals surface area contributed by atoms with Crippen LogP contribution in [0.1, 0.15) is 30.9 Å². The molecule has 1 heterocycles. The number of fused-ring (bicyclic) bond motifs is 1. The Labute approximate surface area is 203 Å². The van der Waals surface area contributed by atoms with Crippen molar-refractivity contribution in [1.82, 2.24) is 9.55 Å². The van der Waals surface area contributed by atoms with Gasteiger partial charge in [-0.15, -0.1) is 6.42 Å². The van der Waals surface area contributed by atoms with Gasteiger partial charge in [-0.2, -0.15) is 4.98 Å². The highest BCUT2D eigenvalue weighted by molar-refractivity contribution is 6.32. The molecule has 0 saturated carbocycles. The monoisotopic (exact) mass is 472 g/mol. The van der Waals surface area contributed by atoms with E-state index in [0.29, 0.717) is 34.7 Å². The fourth-order valence-corrected chi connectivity index (χ4v) is 4.05. The van der Waals surface area contributed by atoms with Crippen molar-refractivity contribution in [2.45, 2.75) is 26.3 Å². The summed E-state index contributed by atoms with van der Waals surface area (Å²) in [7, 11) is 1.56. The van der Waals surface area contributed by atoms with E-state index in [1.165, 1.54) is 5.56 Å². The first-order valence-electron chi connectivity index (χ1n) is 10.9. The van der Waals surface area contributed by atoms with Crippen LogP contribution in [0.4, 0.5) is 0 Å². The minimum atomic E-state index is -0.346. The van der Waals surface area contributed by atoms with Crippen LogP contribution in [0.25, 0.3) is 22.2 Å². The third kappa shape index (κ3) is 4.78. The van der Waals surface area contributed by atoms with Gasteiger partial charge >= 0.3 is 5.69 Å². The van der Waals surface area contributed by atoms with Gasteiger partial charge in [0.1, 0.15) is 18.1 Å². The molecule has 0 bridgehead atoms. The summed E-state index contributed by atoms with van der Waals surface area (Å²) in [6.45, 7) is 4.75. The smallest absolute Gasteiger partial charge is 0.348 e. The molecule has 5 nitrogen and oxygen atoms in total. The number of rotatable bonds is 7. The molecule has 0 atom stereocenters. The largest absolute Gasteiger partial charge is 0.495 e. The van der Waals surface area contributed by atoms with Crippen LogP contribution in [0.5, 0.6) is 11.5 Å². The van der Waals surface area contributed by atoms with Crippen LogP contribution in [0.3, 0.4) is 0 Å². The maximum absolute atomic E-state index is 13.2. The van der Waals surface area contributed by atoms with E-state index in [4.69, 9.17) is 27.5 Å². The summed E-state index contributed by atoms with van der Waals surface area (Å²) in [5.74, 6) is 4.06. The molecule has 0 fully saturated rings. The van der Waals surface area contributed by atoms with Gasteiger partial charge in [-0.05, 0) is 47.4 Å². The average Bonchev–Trinajstić information content (AvgIpc) is 2.85. The second kappa shape index (κ2) is 10.0. The lowest BCUT2D eigenvalue weighted by atomic mass is 9.99. The zero-order valence-corrected chi connectivity index (χ0v) is 20.1. The Hall–Kier alpha value is -3.75. The molecule has 0 unspecified atom stereocenters. The number of benzene rings is 3. The van der Waals surface area contributed by atoms with Crippen LogP contribution in [-0.4, -0.2) is 23.3 Å². The van der Waals surface area contributed by atoms with Crippen LogP contribution < -0.4 is 15.2 Å². The first kappa shape index (κ1) is 23.4. The summed E-state index contributed by atoms with van der Waals surface area (Å²) in [6, 6.07) is 19.1. The first-order valence-corrected chi connectivity index (χ1v) is 11.3. The lowest BCUT2D eigenvalue weighted by Crippen LogP contribution is -2.24. The van der Waals surface area contributed by atoms with E-state index < -0.39 is 0 Å². The van der Waals surface area contributed by atoms with Crippen molar-refractivity contribution in [1.29, 1.82) is 0 Å². The summed E-state index contributed by atoms with van der Waals surface area (Å²) in [6.07, 6.45) is 5.36. The number of aromatic nitrogens is 2. The number of nitrogens with zero attached hydrogens (tertiary/aromatic N) is 2. The Balaban J connectivity index is 1.88. The van der Waals surface area contributed by atoms with Crippen LogP contribution in [0.15, 0.2) is 65.5 Å². The van der Waals surface area contributed by atoms with Gasteiger partial charge in [-0.3, -0.25) is 4.57 Å². The van der Waals surface area contributed by atoms with E-state index in [1.807, 2.05) is 42.5 Å². The number of methoxy groups -OCH3 is 1. The van der Waals surface area contributed by atoms with E-state index in [0.717, 1.165) is 22.0 Å². The quantitative estimate of drug-likeness (QED) is 0.314. The molecule has 3 aromatic carbocycles. The van der Waals surface area contributed by atoms with Crippen molar-refractivity contribution in [2.75, 3.05) is 13.7 Å². The molecule has 0 amide bonds. The summed E-state index contributed by atoms with van der Waals surface area (Å²) in [5, 5.41) is 1.31. The maximum atomic E-state index is 13.2. The number of ether oxygens (including phenoxy) is 2. The molecular formula is C28H25ClN2O3. The van der Waals surface area contributed by atoms with E-state index in [1.54, 1.807) is 17.7 Å². The molecule has 34 heavy (non-hydrogen) atoms. The lowest BCUT2D eigenvalue weighted by Gasteiger charge is -2.15. The highest BCUT2D eigenvalue weighted by atomic mass is 35.5. The molecule has 172 valence electrons. The number of terminal acetylenes is 1. The molecule has 4 aromatic rings. The van der Waals surface area contributed by atoms with E-state index in [-0.39, 0.29) is 12.3 Å². The first-order chi connectivity index (χ1) is 16.4. The fraction of sp³-hybridized carbons (Fsp3) is 0.214. The number of hydrogen-bond donors (Lipinski definition) is 0. The van der Waals surface area contributed by atoms with Crippen molar-refractivity contribution >= 4 is 22.5 Å². The Morgan fingerprint density at radius 3 is 2.53 bits per heavy atom. The van der Waals surface area contributed by atoms with Gasteiger partial charge in [-0.1, -0.05) is 61.7 Å². The van der Waals surface area contributed by atoms with Gasteiger partial charge in [-0.25, -0.2) is 4.79 Å². The van der Waals surface area contributed by atoms with Crippen molar-refractivity contribution in [3.8, 4) is 35.1 Å². The predicted molar refractivity (Wildman–Crippen MR) is 137 cm³/mol. The second-order valence-electron chi connectivity index (χ2n) is 8.25. The molecule has 1 aromatic heterocycles. The van der Waals surface area contributed by atoms with Crippen molar-refractivity contribution in [2.24, 2.45) is 0 Å². The normalized spacial score (nSPS) is 10.9. The fourth-order valence-electron chi connectivity index (χ4n) is 3.86. The molecule has 0 N–H and O–H groups in total. The van der Waals surface area contributed by atoms with Gasteiger partial charge in [0.25, 0.3) is 0 Å². The molecule has 0 spiro atoms. The SMILES string of the molecule is C#CCOc1ccc2c(c1)c(-c1ccc(C(C)C)cc1)nc(=O)n2Cc1ccc(Cl)c(OC)c1. The van der Waals surface area contributed by atoms with Crippen LogP contribution in [0.2, 0.25) is 5.02 Å². The summed E-state index contributed by atoms with van der Waals surface area (Å²) >= 11 is 6.17. The third-order valence-electron chi connectivity index (χ3n) is 5.68. The minimum Gasteiger partial charge on any atom is -0.495 e. The minimum absolute atomic E-state index is 0.154. The molecule has 0 radical (unpaired) electrons. The van der Waals surface area contributed by atoms with Gasteiger partial charge in [0.15, 0.2) is 0 Å². The number of hydrogen-bond acceptors (Lipinski definition) is 4. The Kier molecular flexibility index (Phi) is 6.90. The maximum Gasteiger partial charge on any atom is 0.348 e. The Morgan fingerprint density at radius 1 is 1.09 bits per heavy atom. The average molecular weight is 473 g/mol. The van der Waals surface area contributed by atoms with Gasteiger partial charge < -0.3 is 9.47 Å². The van der Waals surface area contributed by atoms with Crippen LogP contribution in [-0.2, 0) is 6.54 Å². The Morgan fingerprint density at radius 2 is 1.85 bits per heavy atom. The second-order valence-corrected chi connectivity index (χ2v) is 8.65. The van der Waals surface area contributed by atoms with Crippen molar-refractivity contribution in [3.63, 3.8) is 0 Å². The molecule has 0 aliphatic carbocycles. The van der Waals surface area contributed by atoms with E-state index in [2.05, 4.69) is 36.9 Å². The predicted octanol–water partition coefficient (Wildman–Crippen LogP) is 5.91. The lowest BCUT2D eigenvalue weighted by molar-refractivity contribution is 0.371. The molecular weight excluding hydrogens is 448 g/mol. The Bertz CT molecular complexity index is 1430. The summed E-state index contributed by atoms with van der Waals surface area (Å²) in [4.78, 5) is 17.7. The summed E-state index contributed by atoms with van der Waals surface area (Å²) in [5.41, 5.74) is 3.95. The molecule has 4 rings (SSSR count). The third-order valence-corrected chi connectivity index (χ3v) is 5.99. The standard InChI is InChI=1S/C28H25ClN2O3/c1-5-14-34-22-11-13-25-23(16-22)27(21-9-7-20(8-10-21)18(2)3)30-28(32)31(25)17-19-6-12-24(29)26(15-19)33-4/h1,6-13,15-16,18H,14,17H2,2-4H3. The van der Waals surface area contributed by atoms with Crippen LogP contribution in [0, 0.1) is 12.3 Å². The van der Waals surface area contributed by atoms with Gasteiger partial charge in [0, 0.05) is 10.9 Å². The zero-order chi connectivity index (χ0) is 24.2. The van der Waals surface area contributed by atoms with E-state index >= 15 is 0 Å². The number of halogens is 1. The van der Waals surface area contributed by atoms with Gasteiger partial charge in [0.2, 0.25) is 0 Å². The van der Waals surface area contributed by atoms with Gasteiger partial charge in [0.05, 0.1) is 29.9 Å². The summed E-state index contributed by atoms with van der Waals surface area (Å²) < 4.78 is 12.6. The zero-order valence-electron chi connectivity index (χ0n) is 19.3. The van der Waals surface area contributed by atoms with Crippen molar-refractivity contribution < 1.29 is 9.47 Å². The van der Waals surface area contributed by atoms with Crippen molar-refractivity contribution in [3.05, 3.63) is 87.3 Å².